The highest BCUT2D eigenvalue weighted by molar-refractivity contribution is 5.70. The average Bonchev–Trinajstić information content (AvgIpc) is 2.78. The van der Waals surface area contributed by atoms with Crippen LogP contribution in [-0.4, -0.2) is 7.11 Å². The number of ether oxygens (including phenoxy) is 1. The van der Waals surface area contributed by atoms with Crippen LogP contribution in [0.2, 0.25) is 0 Å². The van der Waals surface area contributed by atoms with E-state index in [4.69, 9.17) is 4.74 Å². The molecule has 0 aromatic heterocycles. The van der Waals surface area contributed by atoms with Crippen LogP contribution in [0.15, 0.2) is 54.6 Å². The van der Waals surface area contributed by atoms with Gasteiger partial charge in [-0.1, -0.05) is 55.5 Å². The van der Waals surface area contributed by atoms with Gasteiger partial charge in [0.15, 0.2) is 11.6 Å². The number of rotatable bonds is 7. The maximum absolute atomic E-state index is 14.9. The van der Waals surface area contributed by atoms with Gasteiger partial charge < -0.3 is 4.74 Å². The molecule has 0 unspecified atom stereocenters. The van der Waals surface area contributed by atoms with E-state index in [1.54, 1.807) is 31.2 Å². The molecule has 0 saturated heterocycles. The molecule has 0 fully saturated rings. The molecule has 0 aliphatic carbocycles. The molecule has 0 bridgehead atoms. The van der Waals surface area contributed by atoms with Crippen molar-refractivity contribution in [3.05, 3.63) is 94.3 Å². The van der Waals surface area contributed by atoms with Crippen LogP contribution in [0.3, 0.4) is 0 Å². The highest BCUT2D eigenvalue weighted by Gasteiger charge is 2.38. The number of alkyl halides is 3. The molecule has 0 spiro atoms. The van der Waals surface area contributed by atoms with E-state index in [0.29, 0.717) is 18.6 Å². The Morgan fingerprint density at radius 2 is 1.42 bits per heavy atom. The second-order valence-corrected chi connectivity index (χ2v) is 7.45. The Bertz CT molecular complexity index is 1150. The van der Waals surface area contributed by atoms with Gasteiger partial charge in [-0.3, -0.25) is 0 Å². The van der Waals surface area contributed by atoms with E-state index < -0.39 is 40.3 Å². The summed E-state index contributed by atoms with van der Waals surface area (Å²) >= 11 is 0. The van der Waals surface area contributed by atoms with Crippen molar-refractivity contribution in [2.24, 2.45) is 0 Å². The second kappa shape index (κ2) is 10.1. The average molecular weight is 464 g/mol. The van der Waals surface area contributed by atoms with E-state index in [-0.39, 0.29) is 17.5 Å². The number of benzene rings is 3. The summed E-state index contributed by atoms with van der Waals surface area (Å²) in [6.07, 6.45) is -1.35. The molecule has 33 heavy (non-hydrogen) atoms. The predicted octanol–water partition coefficient (Wildman–Crippen LogP) is 8.01. The van der Waals surface area contributed by atoms with Gasteiger partial charge in [0, 0.05) is 11.1 Å². The summed E-state index contributed by atoms with van der Waals surface area (Å²) < 4.78 is 90.2. The number of aryl methyl sites for hydroxylation is 2. The highest BCUT2D eigenvalue weighted by Crippen LogP contribution is 2.39. The number of halogens is 6. The van der Waals surface area contributed by atoms with Crippen LogP contribution in [0.4, 0.5) is 26.3 Å². The van der Waals surface area contributed by atoms with Crippen LogP contribution >= 0.6 is 0 Å². The third-order valence-electron chi connectivity index (χ3n) is 5.29. The lowest BCUT2D eigenvalue weighted by Crippen LogP contribution is -2.12. The first-order valence-electron chi connectivity index (χ1n) is 10.3. The molecule has 3 aromatic rings. The van der Waals surface area contributed by atoms with Crippen molar-refractivity contribution in [2.75, 3.05) is 7.11 Å². The summed E-state index contributed by atoms with van der Waals surface area (Å²) in [5, 5.41) is 0. The minimum Gasteiger partial charge on any atom is -0.497 e. The van der Waals surface area contributed by atoms with Crippen molar-refractivity contribution in [1.29, 1.82) is 0 Å². The quantitative estimate of drug-likeness (QED) is 0.322. The molecule has 174 valence electrons. The lowest BCUT2D eigenvalue weighted by molar-refractivity contribution is -0.140. The van der Waals surface area contributed by atoms with Crippen LogP contribution < -0.4 is 4.74 Å². The molecule has 0 aliphatic rings. The Morgan fingerprint density at radius 3 is 2.03 bits per heavy atom. The van der Waals surface area contributed by atoms with Gasteiger partial charge in [-0.2, -0.15) is 13.2 Å². The molecule has 7 heteroatoms. The van der Waals surface area contributed by atoms with Crippen molar-refractivity contribution < 1.29 is 31.1 Å². The fraction of sp³-hybridized carbons (Fsp3) is 0.231. The monoisotopic (exact) mass is 464 g/mol. The van der Waals surface area contributed by atoms with Gasteiger partial charge in [0.05, 0.1) is 12.7 Å². The number of methoxy groups -OCH3 is 1. The predicted molar refractivity (Wildman–Crippen MR) is 116 cm³/mol. The summed E-state index contributed by atoms with van der Waals surface area (Å²) in [6, 6.07) is 11.6. The van der Waals surface area contributed by atoms with Crippen molar-refractivity contribution in [3.8, 4) is 16.9 Å². The zero-order valence-electron chi connectivity index (χ0n) is 18.1. The Kier molecular flexibility index (Phi) is 7.51. The molecule has 0 saturated carbocycles. The number of allylic oxidation sites excluding steroid dienone is 1. The summed E-state index contributed by atoms with van der Waals surface area (Å²) in [5.74, 6) is -3.56. The van der Waals surface area contributed by atoms with Gasteiger partial charge in [0.1, 0.15) is 11.6 Å². The molecule has 0 N–H and O–H groups in total. The van der Waals surface area contributed by atoms with Crippen LogP contribution in [0, 0.1) is 17.5 Å². The third-order valence-corrected chi connectivity index (χ3v) is 5.29. The van der Waals surface area contributed by atoms with Gasteiger partial charge in [-0.15, -0.1) is 0 Å². The SMILES string of the molecule is CC/C=C/c1ccc(-c2ccc(CCc3ccc(OC)cc3)c(F)c2F)c(F)c1C(F)(F)F. The zero-order valence-corrected chi connectivity index (χ0v) is 18.1. The fourth-order valence-electron chi connectivity index (χ4n) is 3.53. The Morgan fingerprint density at radius 1 is 0.788 bits per heavy atom. The van der Waals surface area contributed by atoms with Gasteiger partial charge in [0.25, 0.3) is 0 Å². The Balaban J connectivity index is 1.95. The molecule has 3 aromatic carbocycles. The smallest absolute Gasteiger partial charge is 0.419 e. The molecule has 0 aliphatic heterocycles. The minimum absolute atomic E-state index is 0.0472. The maximum Gasteiger partial charge on any atom is 0.419 e. The first-order chi connectivity index (χ1) is 15.7. The largest absolute Gasteiger partial charge is 0.497 e. The second-order valence-electron chi connectivity index (χ2n) is 7.45. The van der Waals surface area contributed by atoms with Crippen molar-refractivity contribution in [1.82, 2.24) is 0 Å². The summed E-state index contributed by atoms with van der Waals surface area (Å²) in [6.45, 7) is 1.73. The minimum atomic E-state index is -5.00. The first-order valence-corrected chi connectivity index (χ1v) is 10.3. The van der Waals surface area contributed by atoms with Crippen LogP contribution in [0.1, 0.15) is 35.6 Å². The Hall–Kier alpha value is -3.22. The van der Waals surface area contributed by atoms with Crippen LogP contribution in [0.5, 0.6) is 5.75 Å². The number of hydrogen-bond donors (Lipinski definition) is 0. The number of hydrogen-bond acceptors (Lipinski definition) is 1. The van der Waals surface area contributed by atoms with E-state index in [2.05, 4.69) is 0 Å². The van der Waals surface area contributed by atoms with E-state index in [1.165, 1.54) is 19.3 Å². The topological polar surface area (TPSA) is 9.23 Å². The van der Waals surface area contributed by atoms with Gasteiger partial charge in [-0.05, 0) is 48.1 Å². The van der Waals surface area contributed by atoms with Crippen molar-refractivity contribution in [2.45, 2.75) is 32.4 Å². The van der Waals surface area contributed by atoms with Crippen molar-refractivity contribution in [3.63, 3.8) is 0 Å². The van der Waals surface area contributed by atoms with Crippen LogP contribution in [-0.2, 0) is 19.0 Å². The summed E-state index contributed by atoms with van der Waals surface area (Å²) in [4.78, 5) is 0. The maximum atomic E-state index is 14.9. The lowest BCUT2D eigenvalue weighted by atomic mass is 9.95. The van der Waals surface area contributed by atoms with E-state index in [9.17, 15) is 26.3 Å². The van der Waals surface area contributed by atoms with Gasteiger partial charge >= 0.3 is 6.18 Å². The Labute approximate surface area is 188 Å². The normalized spacial score (nSPS) is 11.9. The van der Waals surface area contributed by atoms with Gasteiger partial charge in [-0.25, -0.2) is 13.2 Å². The van der Waals surface area contributed by atoms with Gasteiger partial charge in [0.2, 0.25) is 0 Å². The lowest BCUT2D eigenvalue weighted by Gasteiger charge is -2.16. The van der Waals surface area contributed by atoms with E-state index in [0.717, 1.165) is 29.8 Å². The van der Waals surface area contributed by atoms with E-state index >= 15 is 0 Å². The molecule has 3 rings (SSSR count). The molecule has 1 nitrogen and oxygen atoms in total. The highest BCUT2D eigenvalue weighted by atomic mass is 19.4. The fourth-order valence-corrected chi connectivity index (χ4v) is 3.53. The third kappa shape index (κ3) is 5.41. The molecular weight excluding hydrogens is 442 g/mol. The molecule has 0 amide bonds. The zero-order chi connectivity index (χ0) is 24.2. The molecule has 0 radical (unpaired) electrons. The summed E-state index contributed by atoms with van der Waals surface area (Å²) in [5.41, 5.74) is -2.17. The first kappa shape index (κ1) is 24.4. The van der Waals surface area contributed by atoms with Crippen LogP contribution in [0.25, 0.3) is 17.2 Å². The standard InChI is InChI=1S/C26H22F6O/c1-3-4-5-17-10-14-20(24(28)22(17)26(30,31)32)21-15-11-18(23(27)25(21)29)9-6-16-7-12-19(33-2)13-8-16/h4-5,7-8,10-15H,3,6,9H2,1-2H3/b5-4+. The molecule has 0 heterocycles. The molecular formula is C26H22F6O. The van der Waals surface area contributed by atoms with E-state index in [1.807, 2.05) is 0 Å². The van der Waals surface area contributed by atoms with Crippen molar-refractivity contribution >= 4 is 6.08 Å². The summed E-state index contributed by atoms with van der Waals surface area (Å²) in [7, 11) is 1.53. The molecule has 0 atom stereocenters.